The van der Waals surface area contributed by atoms with Crippen molar-refractivity contribution in [2.45, 2.75) is 25.7 Å². The first-order chi connectivity index (χ1) is 17.6. The van der Waals surface area contributed by atoms with Crippen LogP contribution in [0, 0.1) is 0 Å². The lowest BCUT2D eigenvalue weighted by Gasteiger charge is -2.24. The van der Waals surface area contributed by atoms with Crippen molar-refractivity contribution in [2.24, 2.45) is 0 Å². The van der Waals surface area contributed by atoms with E-state index in [0.29, 0.717) is 23.5 Å². The molecule has 0 saturated carbocycles. The smallest absolute Gasteiger partial charge is 0.269 e. The van der Waals surface area contributed by atoms with Gasteiger partial charge in [-0.3, -0.25) is 4.79 Å². The third kappa shape index (κ3) is 5.35. The maximum atomic E-state index is 12.8. The largest absolute Gasteiger partial charge is 0.432 e. The van der Waals surface area contributed by atoms with Gasteiger partial charge in [0.1, 0.15) is 5.75 Å². The van der Waals surface area contributed by atoms with Crippen molar-refractivity contribution >= 4 is 45.7 Å². The summed E-state index contributed by atoms with van der Waals surface area (Å²) in [7, 11) is 0. The molecule has 8 heteroatoms. The van der Waals surface area contributed by atoms with Crippen molar-refractivity contribution in [1.29, 1.82) is 0 Å². The van der Waals surface area contributed by atoms with Crippen molar-refractivity contribution in [2.75, 3.05) is 23.4 Å². The van der Waals surface area contributed by atoms with E-state index in [1.165, 1.54) is 0 Å². The molecule has 0 bridgehead atoms. The first-order valence-electron chi connectivity index (χ1n) is 12.0. The van der Waals surface area contributed by atoms with Gasteiger partial charge >= 0.3 is 0 Å². The number of amides is 1. The number of aliphatic hydroxyl groups excluding tert-OH is 1. The number of aryl methyl sites for hydroxylation is 2. The van der Waals surface area contributed by atoms with Crippen LogP contribution in [0.2, 0.25) is 0 Å². The number of carbonyl (C=O) groups excluding carboxylic acids is 1. The van der Waals surface area contributed by atoms with E-state index in [9.17, 15) is 9.90 Å². The molecule has 0 aliphatic heterocycles. The minimum Gasteiger partial charge on any atom is -0.432 e. The molecular formula is C28H26N4O3S. The highest BCUT2D eigenvalue weighted by atomic mass is 32.1. The molecule has 5 rings (SSSR count). The van der Waals surface area contributed by atoms with Crippen LogP contribution in [0.25, 0.3) is 11.0 Å². The normalized spacial score (nSPS) is 12.6. The average molecular weight is 499 g/mol. The second-order valence-corrected chi connectivity index (χ2v) is 8.93. The number of thiocarbonyl (C=S) groups is 1. The van der Waals surface area contributed by atoms with Crippen molar-refractivity contribution in [3.63, 3.8) is 0 Å². The number of anilines is 2. The Labute approximate surface area is 214 Å². The molecule has 1 aromatic heterocycles. The topological polar surface area (TPSA) is 87.6 Å². The SMILES string of the molecule is O=C(Nc1ccc2nc3c(nc2c1)CCCC3)c1ccc(OC(=S)N(CCO)c2ccccc2)cc1. The van der Waals surface area contributed by atoms with E-state index in [-0.39, 0.29) is 17.7 Å². The summed E-state index contributed by atoms with van der Waals surface area (Å²) in [6.45, 7) is 0.239. The summed E-state index contributed by atoms with van der Waals surface area (Å²) < 4.78 is 5.83. The van der Waals surface area contributed by atoms with Gasteiger partial charge in [-0.15, -0.1) is 0 Å². The molecule has 1 aliphatic rings. The van der Waals surface area contributed by atoms with Gasteiger partial charge in [-0.1, -0.05) is 18.2 Å². The molecule has 2 N–H and O–H groups in total. The summed E-state index contributed by atoms with van der Waals surface area (Å²) in [5.41, 5.74) is 5.77. The number of rotatable bonds is 6. The highest BCUT2D eigenvalue weighted by molar-refractivity contribution is 7.80. The van der Waals surface area contributed by atoms with Crippen molar-refractivity contribution < 1.29 is 14.6 Å². The lowest BCUT2D eigenvalue weighted by Crippen LogP contribution is -2.35. The zero-order valence-corrected chi connectivity index (χ0v) is 20.5. The second-order valence-electron chi connectivity index (χ2n) is 8.58. The Morgan fingerprint density at radius 2 is 1.64 bits per heavy atom. The minimum absolute atomic E-state index is 0.0691. The number of hydrogen-bond acceptors (Lipinski definition) is 6. The number of para-hydroxylation sites is 1. The van der Waals surface area contributed by atoms with Gasteiger partial charge in [0.05, 0.1) is 35.6 Å². The Balaban J connectivity index is 1.25. The molecule has 1 amide bonds. The maximum Gasteiger partial charge on any atom is 0.269 e. The van der Waals surface area contributed by atoms with Gasteiger partial charge in [0.25, 0.3) is 11.1 Å². The predicted molar refractivity (Wildman–Crippen MR) is 145 cm³/mol. The summed E-state index contributed by atoms with van der Waals surface area (Å²) in [6.07, 6.45) is 4.23. The molecule has 7 nitrogen and oxygen atoms in total. The molecule has 1 heterocycles. The number of benzene rings is 3. The molecule has 182 valence electrons. The lowest BCUT2D eigenvalue weighted by molar-refractivity contribution is 0.102. The zero-order valence-electron chi connectivity index (χ0n) is 19.7. The van der Waals surface area contributed by atoms with Crippen molar-refractivity contribution in [1.82, 2.24) is 9.97 Å². The monoisotopic (exact) mass is 498 g/mol. The number of carbonyl (C=O) groups is 1. The zero-order chi connectivity index (χ0) is 24.9. The third-order valence-electron chi connectivity index (χ3n) is 6.09. The molecule has 0 radical (unpaired) electrons. The predicted octanol–water partition coefficient (Wildman–Crippen LogP) is 4.92. The van der Waals surface area contributed by atoms with Crippen molar-refractivity contribution in [3.8, 4) is 5.75 Å². The molecule has 0 fully saturated rings. The summed E-state index contributed by atoms with van der Waals surface area (Å²) in [5, 5.41) is 12.6. The second kappa shape index (κ2) is 10.8. The van der Waals surface area contributed by atoms with E-state index in [2.05, 4.69) is 5.32 Å². The van der Waals surface area contributed by atoms with Crippen LogP contribution in [-0.2, 0) is 12.8 Å². The Bertz CT molecular complexity index is 1390. The quantitative estimate of drug-likeness (QED) is 0.365. The van der Waals surface area contributed by atoms with Crippen LogP contribution in [0.3, 0.4) is 0 Å². The van der Waals surface area contributed by atoms with Crippen molar-refractivity contribution in [3.05, 3.63) is 89.7 Å². The number of ether oxygens (including phenoxy) is 1. The fourth-order valence-electron chi connectivity index (χ4n) is 4.26. The van der Waals surface area contributed by atoms with E-state index in [0.717, 1.165) is 53.8 Å². The standard InChI is InChI=1S/C28H26N4O3S/c33-17-16-32(21-6-2-1-3-7-21)28(36)35-22-13-10-19(11-14-22)27(34)29-20-12-15-25-26(18-20)31-24-9-5-4-8-23(24)30-25/h1-3,6-7,10-15,18,33H,4-5,8-9,16-17H2,(H,29,34). The summed E-state index contributed by atoms with van der Waals surface area (Å²) in [4.78, 5) is 24.1. The molecule has 0 spiro atoms. The fraction of sp³-hybridized carbons (Fsp3) is 0.214. The summed E-state index contributed by atoms with van der Waals surface area (Å²) >= 11 is 5.45. The minimum atomic E-state index is -0.236. The third-order valence-corrected chi connectivity index (χ3v) is 6.39. The number of nitrogens with zero attached hydrogens (tertiary/aromatic N) is 3. The number of aliphatic hydroxyl groups is 1. The van der Waals surface area contributed by atoms with E-state index in [1.807, 2.05) is 48.5 Å². The van der Waals surface area contributed by atoms with E-state index in [4.69, 9.17) is 26.9 Å². The van der Waals surface area contributed by atoms with E-state index < -0.39 is 0 Å². The lowest BCUT2D eigenvalue weighted by atomic mass is 10.0. The molecular weight excluding hydrogens is 472 g/mol. The fourth-order valence-corrected chi connectivity index (χ4v) is 4.55. The molecule has 0 saturated heterocycles. The first-order valence-corrected chi connectivity index (χ1v) is 12.4. The van der Waals surface area contributed by atoms with Crippen LogP contribution in [0.15, 0.2) is 72.8 Å². The van der Waals surface area contributed by atoms with E-state index in [1.54, 1.807) is 29.2 Å². The number of nitrogens with one attached hydrogen (secondary N) is 1. The van der Waals surface area contributed by atoms with Gasteiger partial charge in [0, 0.05) is 16.9 Å². The van der Waals surface area contributed by atoms with Gasteiger partial charge in [-0.05, 0) is 92.5 Å². The highest BCUT2D eigenvalue weighted by Crippen LogP contribution is 2.24. The molecule has 3 aromatic carbocycles. The number of fused-ring (bicyclic) bond motifs is 2. The molecule has 1 aliphatic carbocycles. The number of aromatic nitrogens is 2. The first kappa shape index (κ1) is 23.8. The van der Waals surface area contributed by atoms with Crippen LogP contribution >= 0.6 is 12.2 Å². The highest BCUT2D eigenvalue weighted by Gasteiger charge is 2.16. The Morgan fingerprint density at radius 3 is 2.33 bits per heavy atom. The van der Waals surface area contributed by atoms with Crippen LogP contribution in [0.4, 0.5) is 11.4 Å². The molecule has 0 unspecified atom stereocenters. The maximum absolute atomic E-state index is 12.8. The van der Waals surface area contributed by atoms with Gasteiger partial charge < -0.3 is 20.1 Å². The van der Waals surface area contributed by atoms with Gasteiger partial charge in [0.15, 0.2) is 0 Å². The summed E-state index contributed by atoms with van der Waals surface area (Å²) in [6, 6.07) is 21.9. The average Bonchev–Trinajstić information content (AvgIpc) is 2.91. The molecule has 36 heavy (non-hydrogen) atoms. The number of hydrogen-bond donors (Lipinski definition) is 2. The van der Waals surface area contributed by atoms with Gasteiger partial charge in [-0.2, -0.15) is 0 Å². The van der Waals surface area contributed by atoms with Crippen LogP contribution in [0.1, 0.15) is 34.6 Å². The van der Waals surface area contributed by atoms with Crippen LogP contribution in [0.5, 0.6) is 5.75 Å². The molecule has 0 atom stereocenters. The Morgan fingerprint density at radius 1 is 0.944 bits per heavy atom. The van der Waals surface area contributed by atoms with Gasteiger partial charge in [-0.25, -0.2) is 9.97 Å². The van der Waals surface area contributed by atoms with Gasteiger partial charge in [0.2, 0.25) is 0 Å². The summed E-state index contributed by atoms with van der Waals surface area (Å²) in [5.74, 6) is 0.266. The molecule has 4 aromatic rings. The Hall–Kier alpha value is -3.88. The Kier molecular flexibility index (Phi) is 7.16. The van der Waals surface area contributed by atoms with Crippen LogP contribution < -0.4 is 15.0 Å². The van der Waals surface area contributed by atoms with Crippen LogP contribution in [-0.4, -0.2) is 39.3 Å². The van der Waals surface area contributed by atoms with E-state index >= 15 is 0 Å².